The molecule has 0 amide bonds. The van der Waals surface area contributed by atoms with Crippen LogP contribution in [0.15, 0.2) is 24.3 Å². The van der Waals surface area contributed by atoms with Gasteiger partial charge in [0.05, 0.1) is 5.41 Å². The molecule has 82 valence electrons. The van der Waals surface area contributed by atoms with Gasteiger partial charge >= 0.3 is 5.97 Å². The van der Waals surface area contributed by atoms with Gasteiger partial charge in [-0.2, -0.15) is 0 Å². The Morgan fingerprint density at radius 3 is 2.27 bits per heavy atom. The lowest BCUT2D eigenvalue weighted by Gasteiger charge is -2.27. The maximum absolute atomic E-state index is 13.6. The van der Waals surface area contributed by atoms with Gasteiger partial charge in [-0.15, -0.1) is 0 Å². The summed E-state index contributed by atoms with van der Waals surface area (Å²) < 4.78 is 13.6. The van der Waals surface area contributed by atoms with E-state index in [1.165, 1.54) is 6.07 Å². The minimum Gasteiger partial charge on any atom is -0.481 e. The Morgan fingerprint density at radius 1 is 1.33 bits per heavy atom. The van der Waals surface area contributed by atoms with Crippen molar-refractivity contribution in [3.05, 3.63) is 35.6 Å². The van der Waals surface area contributed by atoms with Crippen molar-refractivity contribution in [3.8, 4) is 0 Å². The molecule has 15 heavy (non-hydrogen) atoms. The molecule has 1 rings (SSSR count). The van der Waals surface area contributed by atoms with E-state index in [0.717, 1.165) is 0 Å². The second-order valence-electron chi connectivity index (χ2n) is 3.57. The van der Waals surface area contributed by atoms with Crippen LogP contribution in [0.5, 0.6) is 0 Å². The summed E-state index contributed by atoms with van der Waals surface area (Å²) in [6.45, 7) is 3.54. The van der Waals surface area contributed by atoms with E-state index in [2.05, 4.69) is 0 Å². The van der Waals surface area contributed by atoms with Crippen LogP contribution in [-0.4, -0.2) is 11.1 Å². The summed E-state index contributed by atoms with van der Waals surface area (Å²) >= 11 is 0. The highest BCUT2D eigenvalue weighted by molar-refractivity contribution is 5.81. The molecule has 0 saturated carbocycles. The highest BCUT2D eigenvalue weighted by Crippen LogP contribution is 2.33. The zero-order chi connectivity index (χ0) is 11.5. The maximum Gasteiger partial charge on any atom is 0.314 e. The number of carboxylic acids is 1. The second kappa shape index (κ2) is 4.43. The number of carboxylic acid groups (broad SMARTS) is 1. The van der Waals surface area contributed by atoms with Crippen molar-refractivity contribution in [2.75, 3.05) is 0 Å². The third-order valence-electron chi connectivity index (χ3n) is 3.01. The molecule has 0 atom stereocenters. The van der Waals surface area contributed by atoms with Gasteiger partial charge in [0.15, 0.2) is 0 Å². The average Bonchev–Trinajstić information content (AvgIpc) is 2.22. The van der Waals surface area contributed by atoms with Crippen molar-refractivity contribution in [1.29, 1.82) is 0 Å². The second-order valence-corrected chi connectivity index (χ2v) is 3.57. The third-order valence-corrected chi connectivity index (χ3v) is 3.01. The van der Waals surface area contributed by atoms with Crippen LogP contribution in [0.3, 0.4) is 0 Å². The van der Waals surface area contributed by atoms with Gasteiger partial charge in [0.2, 0.25) is 0 Å². The molecule has 1 aromatic rings. The number of benzene rings is 1. The minimum atomic E-state index is -1.09. The van der Waals surface area contributed by atoms with E-state index in [9.17, 15) is 14.3 Å². The number of hydrogen-bond donors (Lipinski definition) is 1. The molecule has 0 aromatic heterocycles. The van der Waals surface area contributed by atoms with Crippen molar-refractivity contribution in [3.63, 3.8) is 0 Å². The topological polar surface area (TPSA) is 37.3 Å². The summed E-state index contributed by atoms with van der Waals surface area (Å²) in [5, 5.41) is 9.23. The zero-order valence-electron chi connectivity index (χ0n) is 8.96. The monoisotopic (exact) mass is 210 g/mol. The van der Waals surface area contributed by atoms with E-state index in [4.69, 9.17) is 0 Å². The van der Waals surface area contributed by atoms with Crippen molar-refractivity contribution in [2.24, 2.45) is 0 Å². The smallest absolute Gasteiger partial charge is 0.314 e. The van der Waals surface area contributed by atoms with Gasteiger partial charge in [-0.05, 0) is 18.9 Å². The molecule has 0 aliphatic rings. The Bertz CT molecular complexity index is 356. The first-order chi connectivity index (χ1) is 7.08. The molecule has 0 heterocycles. The number of hydrogen-bond acceptors (Lipinski definition) is 1. The molecular formula is C12H15FO2. The van der Waals surface area contributed by atoms with E-state index < -0.39 is 17.2 Å². The summed E-state index contributed by atoms with van der Waals surface area (Å²) in [5.41, 5.74) is -0.812. The average molecular weight is 210 g/mol. The number of carbonyl (C=O) groups is 1. The molecular weight excluding hydrogens is 195 g/mol. The van der Waals surface area contributed by atoms with Crippen molar-refractivity contribution in [2.45, 2.75) is 32.1 Å². The lowest BCUT2D eigenvalue weighted by molar-refractivity contribution is -0.144. The molecule has 0 aliphatic heterocycles. The zero-order valence-corrected chi connectivity index (χ0v) is 8.96. The maximum atomic E-state index is 13.6. The fourth-order valence-corrected chi connectivity index (χ4v) is 1.90. The molecule has 3 heteroatoms. The Kier molecular flexibility index (Phi) is 3.45. The summed E-state index contributed by atoms with van der Waals surface area (Å²) in [6, 6.07) is 6.09. The quantitative estimate of drug-likeness (QED) is 0.829. The van der Waals surface area contributed by atoms with Gasteiger partial charge in [0, 0.05) is 5.56 Å². The molecule has 0 radical (unpaired) electrons. The van der Waals surface area contributed by atoms with Crippen molar-refractivity contribution in [1.82, 2.24) is 0 Å². The SMILES string of the molecule is CCC(CC)(C(=O)O)c1ccccc1F. The molecule has 0 saturated heterocycles. The molecule has 1 aromatic carbocycles. The molecule has 1 N–H and O–H groups in total. The number of aliphatic carboxylic acids is 1. The standard InChI is InChI=1S/C12H15FO2/c1-3-12(4-2,11(14)15)9-7-5-6-8-10(9)13/h5-8H,3-4H2,1-2H3,(H,14,15). The first kappa shape index (κ1) is 11.7. The Balaban J connectivity index is 3.33. The van der Waals surface area contributed by atoms with Crippen molar-refractivity contribution >= 4 is 5.97 Å². The molecule has 0 fully saturated rings. The highest BCUT2D eigenvalue weighted by Gasteiger charge is 2.38. The van der Waals surface area contributed by atoms with Crippen LogP contribution in [-0.2, 0) is 10.2 Å². The number of halogens is 1. The first-order valence-electron chi connectivity index (χ1n) is 5.07. The van der Waals surface area contributed by atoms with Crippen LogP contribution in [0.4, 0.5) is 4.39 Å². The molecule has 0 bridgehead atoms. The normalized spacial score (nSPS) is 11.4. The summed E-state index contributed by atoms with van der Waals surface area (Å²) in [7, 11) is 0. The number of rotatable bonds is 4. The van der Waals surface area contributed by atoms with Crippen LogP contribution in [0, 0.1) is 5.82 Å². The molecule has 0 spiro atoms. The fourth-order valence-electron chi connectivity index (χ4n) is 1.90. The van der Waals surface area contributed by atoms with E-state index in [-0.39, 0.29) is 5.56 Å². The predicted molar refractivity (Wildman–Crippen MR) is 56.3 cm³/mol. The van der Waals surface area contributed by atoms with Gasteiger partial charge in [-0.1, -0.05) is 32.0 Å². The third kappa shape index (κ3) is 1.87. The summed E-state index contributed by atoms with van der Waals surface area (Å²) in [4.78, 5) is 11.3. The summed E-state index contributed by atoms with van der Waals surface area (Å²) in [5.74, 6) is -1.40. The minimum absolute atomic E-state index is 0.280. The molecule has 0 aliphatic carbocycles. The predicted octanol–water partition coefficient (Wildman–Crippen LogP) is 2.97. The van der Waals surface area contributed by atoms with E-state index in [0.29, 0.717) is 12.8 Å². The summed E-state index contributed by atoms with van der Waals surface area (Å²) in [6.07, 6.45) is 0.777. The van der Waals surface area contributed by atoms with Crippen LogP contribution in [0.2, 0.25) is 0 Å². The fraction of sp³-hybridized carbons (Fsp3) is 0.417. The van der Waals surface area contributed by atoms with Crippen LogP contribution >= 0.6 is 0 Å². The lowest BCUT2D eigenvalue weighted by Crippen LogP contribution is -2.35. The van der Waals surface area contributed by atoms with Gasteiger partial charge in [0.25, 0.3) is 0 Å². The molecule has 2 nitrogen and oxygen atoms in total. The van der Waals surface area contributed by atoms with E-state index >= 15 is 0 Å². The van der Waals surface area contributed by atoms with Gasteiger partial charge < -0.3 is 5.11 Å². The van der Waals surface area contributed by atoms with Crippen molar-refractivity contribution < 1.29 is 14.3 Å². The van der Waals surface area contributed by atoms with Gasteiger partial charge in [0.1, 0.15) is 5.82 Å². The largest absolute Gasteiger partial charge is 0.481 e. The Morgan fingerprint density at radius 2 is 1.87 bits per heavy atom. The highest BCUT2D eigenvalue weighted by atomic mass is 19.1. The van der Waals surface area contributed by atoms with Crippen LogP contribution in [0.25, 0.3) is 0 Å². The van der Waals surface area contributed by atoms with Crippen LogP contribution < -0.4 is 0 Å². The Labute approximate surface area is 88.7 Å². The van der Waals surface area contributed by atoms with Crippen LogP contribution in [0.1, 0.15) is 32.3 Å². The lowest BCUT2D eigenvalue weighted by atomic mass is 9.76. The van der Waals surface area contributed by atoms with Gasteiger partial charge in [-0.25, -0.2) is 4.39 Å². The molecule has 0 unspecified atom stereocenters. The first-order valence-corrected chi connectivity index (χ1v) is 5.07. The Hall–Kier alpha value is -1.38. The van der Waals surface area contributed by atoms with E-state index in [1.807, 2.05) is 0 Å². The van der Waals surface area contributed by atoms with Gasteiger partial charge in [-0.3, -0.25) is 4.79 Å². The van der Waals surface area contributed by atoms with E-state index in [1.54, 1.807) is 32.0 Å².